The van der Waals surface area contributed by atoms with Crippen LogP contribution >= 0.6 is 0 Å². The lowest BCUT2D eigenvalue weighted by Gasteiger charge is -2.15. The third-order valence-corrected chi connectivity index (χ3v) is 7.55. The van der Waals surface area contributed by atoms with Gasteiger partial charge in [0.05, 0.1) is 18.6 Å². The molecule has 0 saturated carbocycles. The van der Waals surface area contributed by atoms with Crippen LogP contribution in [0.15, 0.2) is 41.4 Å². The largest absolute Gasteiger partial charge is 0.495 e. The lowest BCUT2D eigenvalue weighted by molar-refractivity contribution is 0.402. The smallest absolute Gasteiger partial charge is 0.244 e. The highest BCUT2D eigenvalue weighted by Gasteiger charge is 2.32. The van der Waals surface area contributed by atoms with E-state index in [1.807, 2.05) is 13.0 Å². The molecule has 26 heavy (non-hydrogen) atoms. The highest BCUT2D eigenvalue weighted by Crippen LogP contribution is 2.30. The van der Waals surface area contributed by atoms with Gasteiger partial charge in [0.1, 0.15) is 10.6 Å². The van der Waals surface area contributed by atoms with Crippen LogP contribution in [0.3, 0.4) is 0 Å². The minimum absolute atomic E-state index is 0.00630. The summed E-state index contributed by atoms with van der Waals surface area (Å²) >= 11 is 0. The number of sulfonamides is 1. The third kappa shape index (κ3) is 4.05. The molecule has 1 unspecified atom stereocenters. The summed E-state index contributed by atoms with van der Waals surface area (Å²) in [6.45, 7) is 1.85. The number of methoxy groups -OCH3 is 1. The van der Waals surface area contributed by atoms with Crippen molar-refractivity contribution in [1.29, 1.82) is 0 Å². The average Bonchev–Trinajstić information content (AvgIpc) is 2.92. The van der Waals surface area contributed by atoms with Gasteiger partial charge in [-0.15, -0.1) is 0 Å². The number of aromatic nitrogens is 1. The first-order chi connectivity index (χ1) is 12.2. The predicted octanol–water partition coefficient (Wildman–Crippen LogP) is 1.53. The van der Waals surface area contributed by atoms with Gasteiger partial charge in [-0.2, -0.15) is 0 Å². The van der Waals surface area contributed by atoms with Crippen molar-refractivity contribution in [3.63, 3.8) is 0 Å². The van der Waals surface area contributed by atoms with Gasteiger partial charge in [-0.05, 0) is 48.7 Å². The van der Waals surface area contributed by atoms with Crippen LogP contribution in [0.1, 0.15) is 12.1 Å². The van der Waals surface area contributed by atoms with Crippen molar-refractivity contribution in [2.24, 2.45) is 0 Å². The molecule has 2 aromatic rings. The van der Waals surface area contributed by atoms with E-state index < -0.39 is 25.9 Å². The third-order valence-electron chi connectivity index (χ3n) is 4.24. The minimum Gasteiger partial charge on any atom is -0.495 e. The molecule has 3 rings (SSSR count). The van der Waals surface area contributed by atoms with E-state index in [9.17, 15) is 16.8 Å². The van der Waals surface area contributed by atoms with Gasteiger partial charge in [-0.1, -0.05) is 6.07 Å². The van der Waals surface area contributed by atoms with E-state index in [1.165, 1.54) is 13.2 Å². The maximum absolute atomic E-state index is 12.8. The molecule has 1 fully saturated rings. The summed E-state index contributed by atoms with van der Waals surface area (Å²) < 4.78 is 56.5. The zero-order valence-corrected chi connectivity index (χ0v) is 16.1. The molecule has 0 radical (unpaired) electrons. The molecule has 1 saturated heterocycles. The van der Waals surface area contributed by atoms with Crippen molar-refractivity contribution in [2.75, 3.05) is 18.6 Å². The van der Waals surface area contributed by atoms with Crippen LogP contribution in [0.25, 0.3) is 11.1 Å². The number of ether oxygens (including phenoxy) is 1. The van der Waals surface area contributed by atoms with Gasteiger partial charge in [-0.3, -0.25) is 4.98 Å². The van der Waals surface area contributed by atoms with Gasteiger partial charge >= 0.3 is 0 Å². The Hall–Kier alpha value is -1.97. The monoisotopic (exact) mass is 396 g/mol. The number of sulfone groups is 1. The molecule has 1 atom stereocenters. The van der Waals surface area contributed by atoms with Crippen molar-refractivity contribution in [3.05, 3.63) is 42.2 Å². The molecule has 0 aliphatic carbocycles. The normalized spacial score (nSPS) is 19.4. The van der Waals surface area contributed by atoms with E-state index in [2.05, 4.69) is 9.71 Å². The second-order valence-electron chi connectivity index (χ2n) is 6.27. The van der Waals surface area contributed by atoms with Gasteiger partial charge in [-0.25, -0.2) is 21.6 Å². The molecule has 1 aromatic carbocycles. The zero-order valence-electron chi connectivity index (χ0n) is 14.5. The molecule has 0 spiro atoms. The molecule has 140 valence electrons. The molecule has 0 bridgehead atoms. The second-order valence-corrected chi connectivity index (χ2v) is 10.2. The molecular weight excluding hydrogens is 376 g/mol. The summed E-state index contributed by atoms with van der Waals surface area (Å²) in [5.41, 5.74) is 2.35. The number of hydrogen-bond acceptors (Lipinski definition) is 6. The topological polar surface area (TPSA) is 102 Å². The summed E-state index contributed by atoms with van der Waals surface area (Å²) in [4.78, 5) is 4.12. The Bertz CT molecular complexity index is 1030. The van der Waals surface area contributed by atoms with Gasteiger partial charge in [0.25, 0.3) is 0 Å². The van der Waals surface area contributed by atoms with Crippen molar-refractivity contribution in [3.8, 4) is 16.9 Å². The number of rotatable bonds is 5. The van der Waals surface area contributed by atoms with Crippen molar-refractivity contribution in [2.45, 2.75) is 24.3 Å². The van der Waals surface area contributed by atoms with Gasteiger partial charge in [0.2, 0.25) is 10.0 Å². The summed E-state index contributed by atoms with van der Waals surface area (Å²) in [6, 6.07) is 7.91. The van der Waals surface area contributed by atoms with Crippen LogP contribution in [0, 0.1) is 6.92 Å². The highest BCUT2D eigenvalue weighted by atomic mass is 32.2. The fourth-order valence-corrected chi connectivity index (χ4v) is 6.21. The van der Waals surface area contributed by atoms with Crippen LogP contribution in [0.2, 0.25) is 0 Å². The van der Waals surface area contributed by atoms with Crippen molar-refractivity contribution >= 4 is 19.9 Å². The number of pyridine rings is 1. The minimum atomic E-state index is -3.93. The van der Waals surface area contributed by atoms with Crippen molar-refractivity contribution in [1.82, 2.24) is 9.71 Å². The first-order valence-electron chi connectivity index (χ1n) is 8.04. The molecule has 0 amide bonds. The summed E-state index contributed by atoms with van der Waals surface area (Å²) in [6.07, 6.45) is 1.93. The van der Waals surface area contributed by atoms with Crippen LogP contribution in [0.4, 0.5) is 0 Å². The Morgan fingerprint density at radius 3 is 2.54 bits per heavy atom. The van der Waals surface area contributed by atoms with E-state index in [-0.39, 0.29) is 28.6 Å². The Morgan fingerprint density at radius 2 is 1.92 bits per heavy atom. The summed E-state index contributed by atoms with van der Waals surface area (Å²) in [5, 5.41) is 0. The summed E-state index contributed by atoms with van der Waals surface area (Å²) in [7, 11) is -5.73. The van der Waals surface area contributed by atoms with Crippen molar-refractivity contribution < 1.29 is 21.6 Å². The molecular formula is C17H20N2O5S2. The average molecular weight is 396 g/mol. The SMILES string of the molecule is COc1ccc(-c2ccnc(C)c2)cc1S(=O)(=O)NC1CCS(=O)(=O)C1. The molecule has 1 aromatic heterocycles. The van der Waals surface area contributed by atoms with E-state index in [0.29, 0.717) is 5.56 Å². The number of hydrogen-bond donors (Lipinski definition) is 1. The summed E-state index contributed by atoms with van der Waals surface area (Å²) in [5.74, 6) is 0.0127. The van der Waals surface area contributed by atoms with E-state index in [0.717, 1.165) is 11.3 Å². The van der Waals surface area contributed by atoms with Gasteiger partial charge in [0, 0.05) is 17.9 Å². The zero-order chi connectivity index (χ0) is 18.9. The maximum atomic E-state index is 12.8. The number of nitrogens with zero attached hydrogens (tertiary/aromatic N) is 1. The lowest BCUT2D eigenvalue weighted by atomic mass is 10.1. The Balaban J connectivity index is 1.98. The molecule has 1 N–H and O–H groups in total. The number of benzene rings is 1. The van der Waals surface area contributed by atoms with Crippen LogP contribution in [-0.2, 0) is 19.9 Å². The Labute approximate surface area is 153 Å². The highest BCUT2D eigenvalue weighted by molar-refractivity contribution is 7.92. The maximum Gasteiger partial charge on any atom is 0.244 e. The van der Waals surface area contributed by atoms with Crippen LogP contribution in [0.5, 0.6) is 5.75 Å². The fraction of sp³-hybridized carbons (Fsp3) is 0.353. The Kier molecular flexibility index (Phi) is 5.05. The Morgan fingerprint density at radius 1 is 1.19 bits per heavy atom. The van der Waals surface area contributed by atoms with E-state index >= 15 is 0 Å². The van der Waals surface area contributed by atoms with Gasteiger partial charge < -0.3 is 4.74 Å². The quantitative estimate of drug-likeness (QED) is 0.822. The fourth-order valence-electron chi connectivity index (χ4n) is 2.96. The first-order valence-corrected chi connectivity index (χ1v) is 11.3. The number of aryl methyl sites for hydroxylation is 1. The van der Waals surface area contributed by atoms with Crippen LogP contribution in [-0.4, -0.2) is 46.5 Å². The number of nitrogens with one attached hydrogen (secondary N) is 1. The molecule has 1 aliphatic rings. The molecule has 9 heteroatoms. The molecule has 7 nitrogen and oxygen atoms in total. The predicted molar refractivity (Wildman–Crippen MR) is 98.3 cm³/mol. The lowest BCUT2D eigenvalue weighted by Crippen LogP contribution is -2.35. The van der Waals surface area contributed by atoms with E-state index in [4.69, 9.17) is 4.74 Å². The van der Waals surface area contributed by atoms with E-state index in [1.54, 1.807) is 24.4 Å². The van der Waals surface area contributed by atoms with Gasteiger partial charge in [0.15, 0.2) is 9.84 Å². The second kappa shape index (κ2) is 6.98. The van der Waals surface area contributed by atoms with Crippen LogP contribution < -0.4 is 9.46 Å². The molecule has 1 aliphatic heterocycles. The molecule has 2 heterocycles. The standard InChI is InChI=1S/C17H20N2O5S2/c1-12-9-14(5-7-18-12)13-3-4-16(24-2)17(10-13)26(22,23)19-15-6-8-25(20,21)11-15/h3-5,7,9-10,15,19H,6,8,11H2,1-2H3. The first kappa shape index (κ1) is 18.8.